The van der Waals surface area contributed by atoms with Crippen LogP contribution in [0.4, 0.5) is 0 Å². The molecule has 194 valence electrons. The highest BCUT2D eigenvalue weighted by Gasteiger charge is 2.45. The molecule has 0 bridgehead atoms. The van der Waals surface area contributed by atoms with E-state index in [1.165, 1.54) is 49.6 Å². The van der Waals surface area contributed by atoms with Crippen molar-refractivity contribution in [3.63, 3.8) is 0 Å². The Balaban J connectivity index is 1.53. The van der Waals surface area contributed by atoms with Gasteiger partial charge >= 0.3 is 0 Å². The molecule has 0 fully saturated rings. The number of aromatic nitrogens is 4. The zero-order valence-electron chi connectivity index (χ0n) is 21.9. The summed E-state index contributed by atoms with van der Waals surface area (Å²) in [5.74, 6) is 0.456. The van der Waals surface area contributed by atoms with E-state index in [9.17, 15) is 0 Å². The van der Waals surface area contributed by atoms with E-state index in [0.29, 0.717) is 5.82 Å². The van der Waals surface area contributed by atoms with Gasteiger partial charge in [-0.3, -0.25) is 0 Å². The average Bonchev–Trinajstić information content (AvgIpc) is 3.42. The van der Waals surface area contributed by atoms with Crippen LogP contribution >= 0.6 is 23.2 Å². The normalized spacial score (nSPS) is 16.3. The molecule has 0 saturated heterocycles. The van der Waals surface area contributed by atoms with Crippen molar-refractivity contribution in [2.75, 3.05) is 0 Å². The Morgan fingerprint density at radius 3 is 2.20 bits per heavy atom. The van der Waals surface area contributed by atoms with Gasteiger partial charge in [-0.15, -0.1) is 0 Å². The number of para-hydroxylation sites is 2. The quantitative estimate of drug-likeness (QED) is 0.209. The number of fused-ring (bicyclic) bond motifs is 6. The molecule has 6 heteroatoms. The molecule has 1 unspecified atom stereocenters. The number of benzene rings is 5. The summed E-state index contributed by atoms with van der Waals surface area (Å²) in [4.78, 5) is 13.0. The summed E-state index contributed by atoms with van der Waals surface area (Å²) in [6, 6.07) is 37.2. The van der Waals surface area contributed by atoms with Gasteiger partial charge in [-0.1, -0.05) is 78.9 Å². The Labute approximate surface area is 245 Å². The van der Waals surface area contributed by atoms with E-state index in [1.54, 1.807) is 0 Å². The first-order chi connectivity index (χ1) is 20.0. The van der Waals surface area contributed by atoms with Gasteiger partial charge in [0.1, 0.15) is 0 Å². The van der Waals surface area contributed by atoms with Gasteiger partial charge in [0.05, 0.1) is 16.7 Å². The minimum absolute atomic E-state index is 0.0741. The van der Waals surface area contributed by atoms with Crippen LogP contribution in [0.1, 0.15) is 23.6 Å². The minimum atomic E-state index is -0.418. The fraction of sp³-hybridized carbons (Fsp3) is 0.0571. The number of rotatable bonds is 2. The lowest BCUT2D eigenvalue weighted by Gasteiger charge is -2.29. The molecular formula is C35H20Cl2N4. The summed E-state index contributed by atoms with van der Waals surface area (Å²) in [5, 5.41) is 2.66. The second-order valence-electron chi connectivity index (χ2n) is 10.9. The summed E-state index contributed by atoms with van der Waals surface area (Å²) in [7, 11) is 0. The highest BCUT2D eigenvalue weighted by Crippen LogP contribution is 2.60. The molecule has 0 N–H and O–H groups in total. The van der Waals surface area contributed by atoms with Crippen molar-refractivity contribution in [1.29, 1.82) is 0 Å². The molecule has 9 rings (SSSR count). The summed E-state index contributed by atoms with van der Waals surface area (Å²) >= 11 is 12.5. The first kappa shape index (κ1) is 23.2. The Morgan fingerprint density at radius 2 is 1.37 bits per heavy atom. The molecular weight excluding hydrogens is 547 g/mol. The average molecular weight is 567 g/mol. The zero-order valence-corrected chi connectivity index (χ0v) is 23.4. The molecule has 1 aliphatic heterocycles. The maximum absolute atomic E-state index is 6.27. The summed E-state index contributed by atoms with van der Waals surface area (Å²) < 4.78 is 2.45. The topological polar surface area (TPSA) is 43.6 Å². The predicted molar refractivity (Wildman–Crippen MR) is 166 cm³/mol. The van der Waals surface area contributed by atoms with E-state index in [-0.39, 0.29) is 10.6 Å². The smallest absolute Gasteiger partial charge is 0.227 e. The fourth-order valence-electron chi connectivity index (χ4n) is 7.20. The Morgan fingerprint density at radius 1 is 0.634 bits per heavy atom. The van der Waals surface area contributed by atoms with Crippen molar-refractivity contribution in [3.05, 3.63) is 130 Å². The van der Waals surface area contributed by atoms with Crippen LogP contribution < -0.4 is 0 Å². The lowest BCUT2D eigenvalue weighted by Crippen LogP contribution is -2.22. The lowest BCUT2D eigenvalue weighted by atomic mass is 9.73. The zero-order chi connectivity index (χ0) is 27.5. The molecule has 1 aliphatic carbocycles. The van der Waals surface area contributed by atoms with Gasteiger partial charge < -0.3 is 4.57 Å². The van der Waals surface area contributed by atoms with Gasteiger partial charge in [0.2, 0.25) is 10.6 Å². The van der Waals surface area contributed by atoms with Crippen LogP contribution in [0, 0.1) is 0 Å². The van der Waals surface area contributed by atoms with Crippen molar-refractivity contribution in [2.24, 2.45) is 0 Å². The van der Waals surface area contributed by atoms with E-state index >= 15 is 0 Å². The van der Waals surface area contributed by atoms with Crippen molar-refractivity contribution >= 4 is 45.0 Å². The lowest BCUT2D eigenvalue weighted by molar-refractivity contribution is 0.714. The van der Waals surface area contributed by atoms with Crippen molar-refractivity contribution in [3.8, 4) is 39.3 Å². The summed E-state index contributed by atoms with van der Waals surface area (Å²) in [5.41, 5.74) is 12.6. The largest absolute Gasteiger partial charge is 0.308 e. The molecule has 41 heavy (non-hydrogen) atoms. The van der Waals surface area contributed by atoms with Crippen LogP contribution in [0.5, 0.6) is 0 Å². The molecule has 0 amide bonds. The second-order valence-corrected chi connectivity index (χ2v) is 11.6. The third-order valence-electron chi connectivity index (χ3n) is 8.93. The fourth-order valence-corrected chi connectivity index (χ4v) is 7.57. The number of halogens is 2. The monoisotopic (exact) mass is 566 g/mol. The summed E-state index contributed by atoms with van der Waals surface area (Å²) in [6.45, 7) is 2.33. The predicted octanol–water partition coefficient (Wildman–Crippen LogP) is 9.26. The van der Waals surface area contributed by atoms with Crippen LogP contribution in [-0.2, 0) is 5.41 Å². The van der Waals surface area contributed by atoms with Crippen LogP contribution in [0.2, 0.25) is 10.6 Å². The number of hydrogen-bond acceptors (Lipinski definition) is 3. The molecule has 0 spiro atoms. The second kappa shape index (κ2) is 8.03. The van der Waals surface area contributed by atoms with Crippen LogP contribution in [-0.4, -0.2) is 19.5 Å². The number of nitrogens with zero attached hydrogens (tertiary/aromatic N) is 4. The minimum Gasteiger partial charge on any atom is -0.308 e. The third kappa shape index (κ3) is 2.93. The Hall–Kier alpha value is -4.51. The highest BCUT2D eigenvalue weighted by molar-refractivity contribution is 6.31. The molecule has 5 aromatic carbocycles. The molecule has 1 atom stereocenters. The first-order valence-corrected chi connectivity index (χ1v) is 14.3. The van der Waals surface area contributed by atoms with Gasteiger partial charge in [-0.25, -0.2) is 0 Å². The highest BCUT2D eigenvalue weighted by atomic mass is 35.5. The summed E-state index contributed by atoms with van der Waals surface area (Å²) in [6.07, 6.45) is 0. The SMILES string of the molecule is CC1(c2ccccc2)c2cc(-c3nc(Cl)nc(Cl)n3)cc3c2-c2c1ccc1c4ccccc4n(c21)-c1ccccc1-3. The van der Waals surface area contributed by atoms with E-state index in [0.717, 1.165) is 22.4 Å². The van der Waals surface area contributed by atoms with E-state index < -0.39 is 5.41 Å². The van der Waals surface area contributed by atoms with Crippen molar-refractivity contribution in [2.45, 2.75) is 12.3 Å². The van der Waals surface area contributed by atoms with Gasteiger partial charge in [0.15, 0.2) is 5.82 Å². The van der Waals surface area contributed by atoms with Crippen LogP contribution in [0.3, 0.4) is 0 Å². The Kier molecular flexibility index (Phi) is 4.55. The van der Waals surface area contributed by atoms with Gasteiger partial charge in [0.25, 0.3) is 0 Å². The van der Waals surface area contributed by atoms with Crippen LogP contribution in [0.15, 0.2) is 103 Å². The maximum Gasteiger partial charge on any atom is 0.227 e. The molecule has 0 radical (unpaired) electrons. The van der Waals surface area contributed by atoms with Crippen molar-refractivity contribution < 1.29 is 0 Å². The van der Waals surface area contributed by atoms with Crippen molar-refractivity contribution in [1.82, 2.24) is 19.5 Å². The molecule has 7 aromatic rings. The Bertz CT molecular complexity index is 2230. The van der Waals surface area contributed by atoms with E-state index in [2.05, 4.69) is 130 Å². The standard InChI is InChI=1S/C35H20Cl2N4/c1-35(20-9-3-2-4-10-20)25-16-15-23-21-11-5-7-13-27(21)41-28-14-8-6-12-22(28)24-17-19(32-38-33(36)40-34(37)39-32)18-26(35)29(24)30(25)31(23)41/h2-18H,1H3. The van der Waals surface area contributed by atoms with Gasteiger partial charge in [-0.05, 0) is 82.2 Å². The first-order valence-electron chi connectivity index (χ1n) is 13.5. The van der Waals surface area contributed by atoms with E-state index in [4.69, 9.17) is 23.2 Å². The molecule has 2 aromatic heterocycles. The third-order valence-corrected chi connectivity index (χ3v) is 9.27. The number of hydrogen-bond donors (Lipinski definition) is 0. The van der Waals surface area contributed by atoms with Gasteiger partial charge in [0, 0.05) is 32.9 Å². The molecule has 3 heterocycles. The van der Waals surface area contributed by atoms with Crippen LogP contribution in [0.25, 0.3) is 61.1 Å². The molecule has 2 aliphatic rings. The molecule has 4 nitrogen and oxygen atoms in total. The van der Waals surface area contributed by atoms with E-state index in [1.807, 2.05) is 0 Å². The molecule has 0 saturated carbocycles. The van der Waals surface area contributed by atoms with Gasteiger partial charge in [-0.2, -0.15) is 15.0 Å². The maximum atomic E-state index is 6.27.